The average Bonchev–Trinajstić information content (AvgIpc) is 2.15. The van der Waals surface area contributed by atoms with Gasteiger partial charge in [0.05, 0.1) is 0 Å². The third kappa shape index (κ3) is 1.62. The summed E-state index contributed by atoms with van der Waals surface area (Å²) in [6.45, 7) is 6.76. The summed E-state index contributed by atoms with van der Waals surface area (Å²) in [4.78, 5) is 10.8. The van der Waals surface area contributed by atoms with Crippen molar-refractivity contribution in [3.63, 3.8) is 0 Å². The van der Waals surface area contributed by atoms with Crippen molar-refractivity contribution < 1.29 is 4.79 Å². The van der Waals surface area contributed by atoms with Crippen LogP contribution < -0.4 is 5.73 Å². The average molecular weight is 169 g/mol. The summed E-state index contributed by atoms with van der Waals surface area (Å²) in [5.74, 6) is 1.08. The maximum Gasteiger partial charge on any atom is 0.217 e. The molecule has 1 saturated carbocycles. The third-order valence-corrected chi connectivity index (χ3v) is 3.72. The lowest BCUT2D eigenvalue weighted by Crippen LogP contribution is -2.27. The van der Waals surface area contributed by atoms with Crippen LogP contribution in [0.25, 0.3) is 0 Å². The van der Waals surface area contributed by atoms with E-state index in [9.17, 15) is 4.79 Å². The second-order valence-corrected chi connectivity index (χ2v) is 4.67. The highest BCUT2D eigenvalue weighted by molar-refractivity contribution is 5.74. The van der Waals surface area contributed by atoms with Gasteiger partial charge in [0.2, 0.25) is 5.91 Å². The number of nitrogens with two attached hydrogens (primary N) is 1. The van der Waals surface area contributed by atoms with Crippen LogP contribution in [0.2, 0.25) is 0 Å². The molecule has 0 aromatic carbocycles. The second-order valence-electron chi connectivity index (χ2n) is 4.67. The number of primary amides is 1. The maximum absolute atomic E-state index is 10.8. The molecule has 0 aliphatic heterocycles. The van der Waals surface area contributed by atoms with Crippen molar-refractivity contribution in [1.82, 2.24) is 0 Å². The van der Waals surface area contributed by atoms with E-state index in [1.807, 2.05) is 0 Å². The standard InChI is InChI=1S/C10H19NO/c1-7-4-5-8(6-9(11)12)10(7,2)3/h7-8H,4-6H2,1-3H3,(H2,11,12)/t7-,8+/m0/s1. The molecule has 0 heterocycles. The Labute approximate surface area is 74.5 Å². The van der Waals surface area contributed by atoms with E-state index in [4.69, 9.17) is 5.73 Å². The molecule has 1 aliphatic rings. The summed E-state index contributed by atoms with van der Waals surface area (Å²) >= 11 is 0. The van der Waals surface area contributed by atoms with Crippen LogP contribution in [-0.4, -0.2) is 5.91 Å². The molecular formula is C10H19NO. The minimum atomic E-state index is -0.151. The van der Waals surface area contributed by atoms with E-state index in [2.05, 4.69) is 20.8 Å². The van der Waals surface area contributed by atoms with E-state index in [0.29, 0.717) is 17.8 Å². The van der Waals surface area contributed by atoms with Gasteiger partial charge >= 0.3 is 0 Å². The van der Waals surface area contributed by atoms with Crippen LogP contribution in [-0.2, 0) is 4.79 Å². The Morgan fingerprint density at radius 1 is 1.50 bits per heavy atom. The zero-order valence-corrected chi connectivity index (χ0v) is 8.26. The molecular weight excluding hydrogens is 150 g/mol. The first-order valence-electron chi connectivity index (χ1n) is 4.73. The molecule has 2 atom stereocenters. The summed E-state index contributed by atoms with van der Waals surface area (Å²) in [6, 6.07) is 0. The minimum Gasteiger partial charge on any atom is -0.370 e. The van der Waals surface area contributed by atoms with Gasteiger partial charge in [0.15, 0.2) is 0 Å². The lowest BCUT2D eigenvalue weighted by Gasteiger charge is -2.30. The molecule has 70 valence electrons. The minimum absolute atomic E-state index is 0.151. The number of rotatable bonds is 2. The number of hydrogen-bond acceptors (Lipinski definition) is 1. The van der Waals surface area contributed by atoms with Gasteiger partial charge in [0.25, 0.3) is 0 Å². The molecule has 0 saturated heterocycles. The van der Waals surface area contributed by atoms with Gasteiger partial charge in [0.1, 0.15) is 0 Å². The molecule has 2 nitrogen and oxygen atoms in total. The van der Waals surface area contributed by atoms with Crippen LogP contribution in [0.4, 0.5) is 0 Å². The fourth-order valence-electron chi connectivity index (χ4n) is 2.21. The Kier molecular flexibility index (Phi) is 2.45. The molecule has 2 heteroatoms. The smallest absolute Gasteiger partial charge is 0.217 e. The number of hydrogen-bond donors (Lipinski definition) is 1. The predicted octanol–water partition coefficient (Wildman–Crippen LogP) is 1.93. The van der Waals surface area contributed by atoms with Crippen LogP contribution in [0.5, 0.6) is 0 Å². The lowest BCUT2D eigenvalue weighted by molar-refractivity contribution is -0.119. The van der Waals surface area contributed by atoms with E-state index in [-0.39, 0.29) is 5.91 Å². The SMILES string of the molecule is C[C@H]1CC[C@H](CC(N)=O)C1(C)C. The van der Waals surface area contributed by atoms with Gasteiger partial charge in [-0.2, -0.15) is 0 Å². The maximum atomic E-state index is 10.8. The molecule has 0 aromatic rings. The van der Waals surface area contributed by atoms with Gasteiger partial charge in [-0.1, -0.05) is 20.8 Å². The van der Waals surface area contributed by atoms with Crippen LogP contribution in [0.15, 0.2) is 0 Å². The van der Waals surface area contributed by atoms with Crippen molar-refractivity contribution in [1.29, 1.82) is 0 Å². The van der Waals surface area contributed by atoms with Gasteiger partial charge in [0, 0.05) is 6.42 Å². The highest BCUT2D eigenvalue weighted by Gasteiger charge is 2.40. The van der Waals surface area contributed by atoms with Gasteiger partial charge in [-0.3, -0.25) is 4.79 Å². The molecule has 0 spiro atoms. The predicted molar refractivity (Wildman–Crippen MR) is 49.5 cm³/mol. The van der Waals surface area contributed by atoms with Crippen molar-refractivity contribution in [2.24, 2.45) is 23.0 Å². The molecule has 1 amide bonds. The van der Waals surface area contributed by atoms with E-state index in [0.717, 1.165) is 12.3 Å². The van der Waals surface area contributed by atoms with Gasteiger partial charge < -0.3 is 5.73 Å². The zero-order valence-electron chi connectivity index (χ0n) is 8.26. The van der Waals surface area contributed by atoms with Gasteiger partial charge in [-0.25, -0.2) is 0 Å². The molecule has 2 N–H and O–H groups in total. The van der Waals surface area contributed by atoms with Crippen LogP contribution in [0, 0.1) is 17.3 Å². The first kappa shape index (κ1) is 9.56. The number of amides is 1. The van der Waals surface area contributed by atoms with E-state index < -0.39 is 0 Å². The first-order valence-corrected chi connectivity index (χ1v) is 4.73. The van der Waals surface area contributed by atoms with Crippen LogP contribution in [0.1, 0.15) is 40.0 Å². The molecule has 1 rings (SSSR count). The summed E-state index contributed by atoms with van der Waals surface area (Å²) in [6.07, 6.45) is 2.97. The molecule has 0 radical (unpaired) electrons. The Morgan fingerprint density at radius 3 is 2.42 bits per heavy atom. The lowest BCUT2D eigenvalue weighted by atomic mass is 9.75. The second kappa shape index (κ2) is 3.08. The van der Waals surface area contributed by atoms with Crippen LogP contribution >= 0.6 is 0 Å². The Bertz CT molecular complexity index is 186. The molecule has 1 aliphatic carbocycles. The summed E-state index contributed by atoms with van der Waals surface area (Å²) in [7, 11) is 0. The normalized spacial score (nSPS) is 33.6. The van der Waals surface area contributed by atoms with Crippen molar-refractivity contribution >= 4 is 5.91 Å². The highest BCUT2D eigenvalue weighted by Crippen LogP contribution is 2.48. The van der Waals surface area contributed by atoms with Crippen molar-refractivity contribution in [2.45, 2.75) is 40.0 Å². The van der Waals surface area contributed by atoms with Crippen molar-refractivity contribution in [3.8, 4) is 0 Å². The topological polar surface area (TPSA) is 43.1 Å². The fraction of sp³-hybridized carbons (Fsp3) is 0.900. The molecule has 12 heavy (non-hydrogen) atoms. The first-order chi connectivity index (χ1) is 5.44. The summed E-state index contributed by atoms with van der Waals surface area (Å²) in [5.41, 5.74) is 5.50. The van der Waals surface area contributed by atoms with E-state index in [1.165, 1.54) is 6.42 Å². The Hall–Kier alpha value is -0.530. The number of carbonyl (C=O) groups excluding carboxylic acids is 1. The van der Waals surface area contributed by atoms with Gasteiger partial charge in [-0.05, 0) is 30.1 Å². The van der Waals surface area contributed by atoms with Crippen LogP contribution in [0.3, 0.4) is 0 Å². The highest BCUT2D eigenvalue weighted by atomic mass is 16.1. The van der Waals surface area contributed by atoms with Crippen molar-refractivity contribution in [3.05, 3.63) is 0 Å². The summed E-state index contributed by atoms with van der Waals surface area (Å²) < 4.78 is 0. The summed E-state index contributed by atoms with van der Waals surface area (Å²) in [5, 5.41) is 0. The van der Waals surface area contributed by atoms with Gasteiger partial charge in [-0.15, -0.1) is 0 Å². The monoisotopic (exact) mass is 169 g/mol. The largest absolute Gasteiger partial charge is 0.370 e. The van der Waals surface area contributed by atoms with E-state index >= 15 is 0 Å². The quantitative estimate of drug-likeness (QED) is 0.674. The molecule has 0 aromatic heterocycles. The Morgan fingerprint density at radius 2 is 2.08 bits per heavy atom. The Balaban J connectivity index is 2.62. The van der Waals surface area contributed by atoms with E-state index in [1.54, 1.807) is 0 Å². The fourth-order valence-corrected chi connectivity index (χ4v) is 2.21. The third-order valence-electron chi connectivity index (χ3n) is 3.72. The number of carbonyl (C=O) groups is 1. The van der Waals surface area contributed by atoms with Crippen molar-refractivity contribution in [2.75, 3.05) is 0 Å². The molecule has 0 bridgehead atoms. The molecule has 1 fully saturated rings. The molecule has 0 unspecified atom stereocenters. The zero-order chi connectivity index (χ0) is 9.35.